The second-order valence-electron chi connectivity index (χ2n) is 6.75. The Morgan fingerprint density at radius 2 is 1.83 bits per heavy atom. The summed E-state index contributed by atoms with van der Waals surface area (Å²) in [5.41, 5.74) is 3.29. The lowest BCUT2D eigenvalue weighted by Crippen LogP contribution is -2.15. The molecule has 2 aromatic carbocycles. The Morgan fingerprint density at radius 1 is 1.20 bits per heavy atom. The summed E-state index contributed by atoms with van der Waals surface area (Å²) in [5, 5.41) is 18.4. The number of nitrogens with zero attached hydrogens (tertiary/aromatic N) is 2. The minimum absolute atomic E-state index is 0.0645. The molecule has 0 saturated heterocycles. The smallest absolute Gasteiger partial charge is 0.235 e. The molecule has 156 valence electrons. The number of anilines is 1. The number of aryl methyl sites for hydroxylation is 1. The monoisotopic (exact) mass is 445 g/mol. The lowest BCUT2D eigenvalue weighted by atomic mass is 10.0. The van der Waals surface area contributed by atoms with E-state index in [1.807, 2.05) is 19.1 Å². The average molecular weight is 446 g/mol. The minimum atomic E-state index is -0.219. The summed E-state index contributed by atoms with van der Waals surface area (Å²) in [6, 6.07) is 10.8. The maximum atomic E-state index is 12.5. The molecule has 9 heteroatoms. The van der Waals surface area contributed by atoms with Crippen LogP contribution in [0.5, 0.6) is 17.2 Å². The van der Waals surface area contributed by atoms with Gasteiger partial charge in [-0.05, 0) is 48.9 Å². The highest BCUT2D eigenvalue weighted by molar-refractivity contribution is 8.00. The molecule has 1 aromatic heterocycles. The number of amides is 1. The molecule has 0 fully saturated rings. The maximum absolute atomic E-state index is 12.5. The average Bonchev–Trinajstić information content (AvgIpc) is 2.94. The van der Waals surface area contributed by atoms with Crippen LogP contribution in [0.1, 0.15) is 22.1 Å². The van der Waals surface area contributed by atoms with Gasteiger partial charge in [0.1, 0.15) is 5.82 Å². The van der Waals surface area contributed by atoms with Gasteiger partial charge in [-0.15, -0.1) is 11.8 Å². The Bertz CT molecular complexity index is 1090. The number of fused-ring (bicyclic) bond motifs is 1. The number of rotatable bonds is 4. The number of thioether (sulfide) groups is 1. The highest BCUT2D eigenvalue weighted by atomic mass is 35.5. The van der Waals surface area contributed by atoms with Gasteiger partial charge < -0.3 is 19.9 Å². The van der Waals surface area contributed by atoms with Crippen molar-refractivity contribution in [3.05, 3.63) is 58.2 Å². The molecular weight excluding hydrogens is 426 g/mol. The SMILES string of the molecule is COc1cc(C2SCC(=O)Nc3c2c(C)nn3-c2ccc(Cl)cc2)cc(OC)c1O. The first-order valence-electron chi connectivity index (χ1n) is 9.14. The van der Waals surface area contributed by atoms with Crippen molar-refractivity contribution in [2.75, 3.05) is 25.3 Å². The number of phenols is 1. The van der Waals surface area contributed by atoms with Crippen LogP contribution in [0, 0.1) is 6.92 Å². The molecule has 1 atom stereocenters. The molecule has 30 heavy (non-hydrogen) atoms. The second-order valence-corrected chi connectivity index (χ2v) is 8.28. The number of hydrogen-bond acceptors (Lipinski definition) is 6. The van der Waals surface area contributed by atoms with Crippen LogP contribution in [0.2, 0.25) is 5.02 Å². The van der Waals surface area contributed by atoms with Gasteiger partial charge in [0.25, 0.3) is 0 Å². The Morgan fingerprint density at radius 3 is 2.43 bits per heavy atom. The number of carbonyl (C=O) groups excluding carboxylic acids is 1. The predicted molar refractivity (Wildman–Crippen MR) is 117 cm³/mol. The van der Waals surface area contributed by atoms with Gasteiger partial charge in [-0.3, -0.25) is 4.79 Å². The zero-order valence-electron chi connectivity index (χ0n) is 16.6. The molecule has 2 N–H and O–H groups in total. The first-order chi connectivity index (χ1) is 14.4. The molecule has 0 radical (unpaired) electrons. The summed E-state index contributed by atoms with van der Waals surface area (Å²) in [4.78, 5) is 12.5. The molecule has 4 rings (SSSR count). The molecule has 1 aliphatic heterocycles. The number of aromatic hydroxyl groups is 1. The van der Waals surface area contributed by atoms with Gasteiger partial charge in [0.2, 0.25) is 11.7 Å². The number of ether oxygens (including phenoxy) is 2. The predicted octanol–water partition coefficient (Wildman–Crippen LogP) is 4.33. The van der Waals surface area contributed by atoms with Crippen LogP contribution in [0.25, 0.3) is 5.69 Å². The van der Waals surface area contributed by atoms with Crippen molar-refractivity contribution in [3.8, 4) is 22.9 Å². The van der Waals surface area contributed by atoms with E-state index < -0.39 is 0 Å². The highest BCUT2D eigenvalue weighted by Crippen LogP contribution is 2.48. The van der Waals surface area contributed by atoms with E-state index in [0.717, 1.165) is 22.5 Å². The molecule has 0 spiro atoms. The van der Waals surface area contributed by atoms with E-state index in [1.165, 1.54) is 26.0 Å². The molecule has 1 aliphatic rings. The molecule has 0 saturated carbocycles. The van der Waals surface area contributed by atoms with Gasteiger partial charge in [0.05, 0.1) is 36.6 Å². The van der Waals surface area contributed by atoms with E-state index in [-0.39, 0.29) is 22.7 Å². The van der Waals surface area contributed by atoms with Crippen molar-refractivity contribution < 1.29 is 19.4 Å². The largest absolute Gasteiger partial charge is 0.502 e. The van der Waals surface area contributed by atoms with E-state index in [4.69, 9.17) is 21.1 Å². The quantitative estimate of drug-likeness (QED) is 0.621. The first-order valence-corrected chi connectivity index (χ1v) is 10.6. The summed E-state index contributed by atoms with van der Waals surface area (Å²) in [6.07, 6.45) is 0. The normalized spacial score (nSPS) is 15.9. The second kappa shape index (κ2) is 8.12. The van der Waals surface area contributed by atoms with Gasteiger partial charge in [-0.1, -0.05) is 11.6 Å². The van der Waals surface area contributed by atoms with E-state index in [9.17, 15) is 9.90 Å². The Balaban J connectivity index is 1.90. The van der Waals surface area contributed by atoms with E-state index in [1.54, 1.807) is 28.9 Å². The van der Waals surface area contributed by atoms with Gasteiger partial charge in [0, 0.05) is 10.6 Å². The summed E-state index contributed by atoms with van der Waals surface area (Å²) < 4.78 is 12.4. The van der Waals surface area contributed by atoms with Crippen LogP contribution in [0.4, 0.5) is 5.82 Å². The molecule has 7 nitrogen and oxygen atoms in total. The topological polar surface area (TPSA) is 85.6 Å². The van der Waals surface area contributed by atoms with Crippen LogP contribution < -0.4 is 14.8 Å². The minimum Gasteiger partial charge on any atom is -0.502 e. The van der Waals surface area contributed by atoms with Crippen LogP contribution in [0.3, 0.4) is 0 Å². The first kappa shape index (κ1) is 20.4. The van der Waals surface area contributed by atoms with E-state index >= 15 is 0 Å². The molecule has 0 bridgehead atoms. The number of methoxy groups -OCH3 is 2. The molecule has 2 heterocycles. The Labute approximate surface area is 182 Å². The number of nitrogens with one attached hydrogen (secondary N) is 1. The fourth-order valence-corrected chi connectivity index (χ4v) is 4.77. The van der Waals surface area contributed by atoms with Crippen LogP contribution in [-0.2, 0) is 4.79 Å². The molecule has 1 unspecified atom stereocenters. The summed E-state index contributed by atoms with van der Waals surface area (Å²) in [7, 11) is 2.97. The van der Waals surface area contributed by atoms with Crippen molar-refractivity contribution in [3.63, 3.8) is 0 Å². The van der Waals surface area contributed by atoms with E-state index in [0.29, 0.717) is 22.3 Å². The Hall–Kier alpha value is -2.84. The maximum Gasteiger partial charge on any atom is 0.235 e. The number of hydrogen-bond donors (Lipinski definition) is 2. The van der Waals surface area contributed by atoms with E-state index in [2.05, 4.69) is 10.4 Å². The summed E-state index contributed by atoms with van der Waals surface area (Å²) in [5.74, 6) is 1.31. The summed E-state index contributed by atoms with van der Waals surface area (Å²) in [6.45, 7) is 1.91. The van der Waals surface area contributed by atoms with Gasteiger partial charge in [0.15, 0.2) is 11.5 Å². The summed E-state index contributed by atoms with van der Waals surface area (Å²) >= 11 is 7.50. The fraction of sp³-hybridized carbons (Fsp3) is 0.238. The van der Waals surface area contributed by atoms with Crippen molar-refractivity contribution in [1.82, 2.24) is 9.78 Å². The number of halogens is 1. The standard InChI is InChI=1S/C21H20ClN3O4S/c1-11-18-20(12-8-15(28-2)19(27)16(9-12)29-3)30-10-17(26)23-21(18)25(24-11)14-6-4-13(22)5-7-14/h4-9,20,27H,10H2,1-3H3,(H,23,26). The number of benzene rings is 2. The molecule has 3 aromatic rings. The van der Waals surface area contributed by atoms with Crippen molar-refractivity contribution >= 4 is 35.1 Å². The molecule has 1 amide bonds. The third kappa shape index (κ3) is 3.57. The lowest BCUT2D eigenvalue weighted by molar-refractivity contribution is -0.113. The van der Waals surface area contributed by atoms with Crippen LogP contribution in [0.15, 0.2) is 36.4 Å². The van der Waals surface area contributed by atoms with Crippen LogP contribution in [-0.4, -0.2) is 40.8 Å². The third-order valence-electron chi connectivity index (χ3n) is 4.88. The van der Waals surface area contributed by atoms with Crippen molar-refractivity contribution in [2.45, 2.75) is 12.2 Å². The van der Waals surface area contributed by atoms with Gasteiger partial charge >= 0.3 is 0 Å². The molecule has 0 aliphatic carbocycles. The number of phenolic OH excluding ortho intramolecular Hbond substituents is 1. The number of carbonyl (C=O) groups is 1. The van der Waals surface area contributed by atoms with Gasteiger partial charge in [-0.25, -0.2) is 4.68 Å². The van der Waals surface area contributed by atoms with Crippen molar-refractivity contribution in [1.29, 1.82) is 0 Å². The zero-order valence-corrected chi connectivity index (χ0v) is 18.2. The van der Waals surface area contributed by atoms with Crippen molar-refractivity contribution in [2.24, 2.45) is 0 Å². The lowest BCUT2D eigenvalue weighted by Gasteiger charge is -2.18. The Kier molecular flexibility index (Phi) is 5.53. The number of aromatic nitrogens is 2. The third-order valence-corrected chi connectivity index (χ3v) is 6.41. The molecular formula is C21H20ClN3O4S. The fourth-order valence-electron chi connectivity index (χ4n) is 3.48. The van der Waals surface area contributed by atoms with Gasteiger partial charge in [-0.2, -0.15) is 5.10 Å². The highest BCUT2D eigenvalue weighted by Gasteiger charge is 2.31. The van der Waals surface area contributed by atoms with Crippen LogP contribution >= 0.6 is 23.4 Å². The zero-order chi connectivity index (χ0) is 21.4.